The average molecular weight is 726 g/mol. The van der Waals surface area contributed by atoms with Gasteiger partial charge in [0.05, 0.1) is 28.8 Å². The van der Waals surface area contributed by atoms with Crippen molar-refractivity contribution in [2.24, 2.45) is 5.92 Å². The Morgan fingerprint density at radius 2 is 1.19 bits per heavy atom. The zero-order valence-corrected chi connectivity index (χ0v) is 30.9. The molecule has 2 atom stereocenters. The van der Waals surface area contributed by atoms with Crippen molar-refractivity contribution in [2.75, 3.05) is 14.7 Å². The van der Waals surface area contributed by atoms with Gasteiger partial charge in [-0.2, -0.15) is 0 Å². The van der Waals surface area contributed by atoms with E-state index < -0.39 is 0 Å². The van der Waals surface area contributed by atoms with Crippen molar-refractivity contribution in [3.63, 3.8) is 0 Å². The van der Waals surface area contributed by atoms with E-state index in [2.05, 4.69) is 172 Å². The van der Waals surface area contributed by atoms with E-state index in [0.29, 0.717) is 12.0 Å². The summed E-state index contributed by atoms with van der Waals surface area (Å²) in [6.45, 7) is 0.132. The van der Waals surface area contributed by atoms with Crippen LogP contribution >= 0.6 is 23.5 Å². The quantitative estimate of drug-likeness (QED) is 0.164. The van der Waals surface area contributed by atoms with Crippen LogP contribution in [-0.4, -0.2) is 12.8 Å². The number of para-hydroxylation sites is 4. The molecule has 2 aliphatic carbocycles. The second kappa shape index (κ2) is 11.0. The second-order valence-corrected chi connectivity index (χ2v) is 17.3. The molecule has 54 heavy (non-hydrogen) atoms. The third-order valence-corrected chi connectivity index (χ3v) is 14.6. The van der Waals surface area contributed by atoms with Gasteiger partial charge in [-0.15, -0.1) is 0 Å². The minimum absolute atomic E-state index is 0.132. The molecule has 0 fully saturated rings. The topological polar surface area (TPSA) is 9.72 Å². The number of allylic oxidation sites excluding steroid dienone is 4. The van der Waals surface area contributed by atoms with Crippen molar-refractivity contribution in [3.8, 4) is 11.1 Å². The molecule has 13 rings (SSSR count). The van der Waals surface area contributed by atoms with Crippen molar-refractivity contribution in [1.82, 2.24) is 0 Å². The van der Waals surface area contributed by atoms with Gasteiger partial charge >= 0.3 is 0 Å². The van der Waals surface area contributed by atoms with E-state index in [1.54, 1.807) is 5.57 Å². The molecule has 2 unspecified atom stereocenters. The van der Waals surface area contributed by atoms with Crippen LogP contribution in [0.5, 0.6) is 0 Å². The van der Waals surface area contributed by atoms with Gasteiger partial charge in [0, 0.05) is 48.3 Å². The first-order valence-electron chi connectivity index (χ1n) is 19.0. The predicted molar refractivity (Wildman–Crippen MR) is 228 cm³/mol. The number of hydrogen-bond acceptors (Lipinski definition) is 5. The average Bonchev–Trinajstić information content (AvgIpc) is 3.57. The van der Waals surface area contributed by atoms with Gasteiger partial charge in [-0.1, -0.05) is 115 Å². The Balaban J connectivity index is 1.04. The second-order valence-electron chi connectivity index (χ2n) is 15.1. The highest BCUT2D eigenvalue weighted by Crippen LogP contribution is 2.57. The lowest BCUT2D eigenvalue weighted by atomic mass is 9.33. The van der Waals surface area contributed by atoms with Crippen LogP contribution in [0.1, 0.15) is 12.8 Å². The highest BCUT2D eigenvalue weighted by molar-refractivity contribution is 8.00. The Bertz CT molecular complexity index is 2650. The van der Waals surface area contributed by atoms with Gasteiger partial charge in [0.15, 0.2) is 0 Å². The van der Waals surface area contributed by atoms with Crippen LogP contribution in [0, 0.1) is 5.92 Å². The van der Waals surface area contributed by atoms with Gasteiger partial charge in [0.25, 0.3) is 6.71 Å². The lowest BCUT2D eigenvalue weighted by Crippen LogP contribution is -2.62. The van der Waals surface area contributed by atoms with Crippen LogP contribution in [0.2, 0.25) is 0 Å². The van der Waals surface area contributed by atoms with Gasteiger partial charge in [0.1, 0.15) is 0 Å². The normalized spacial score (nSPS) is 19.9. The molecular weight excluding hydrogens is 693 g/mol. The minimum Gasteiger partial charge on any atom is -0.334 e. The first kappa shape index (κ1) is 29.8. The maximum Gasteiger partial charge on any atom is 0.252 e. The van der Waals surface area contributed by atoms with Gasteiger partial charge in [-0.3, -0.25) is 0 Å². The molecule has 0 saturated carbocycles. The molecule has 0 spiro atoms. The van der Waals surface area contributed by atoms with E-state index in [4.69, 9.17) is 0 Å². The molecule has 5 aliphatic heterocycles. The lowest BCUT2D eigenvalue weighted by Gasteiger charge is -2.47. The van der Waals surface area contributed by atoms with Gasteiger partial charge < -0.3 is 14.7 Å². The van der Waals surface area contributed by atoms with Crippen molar-refractivity contribution >= 4 is 86.4 Å². The van der Waals surface area contributed by atoms with Crippen LogP contribution in [0.3, 0.4) is 0 Å². The van der Waals surface area contributed by atoms with Crippen molar-refractivity contribution in [2.45, 2.75) is 38.5 Å². The molecule has 0 saturated heterocycles. The summed E-state index contributed by atoms with van der Waals surface area (Å²) in [6.07, 6.45) is 16.2. The SMILES string of the molecule is C1=CC2C3=C(C=CCC3)N(c3ccc(-c4cc5c6c(c4)N4c7ccccc7Sc7cccc(c74)B6c4cccc6c4N5c4ccccc4S6)cc3)C2C=C1. The summed E-state index contributed by atoms with van der Waals surface area (Å²) in [5.74, 6) is 0.452. The number of nitrogens with zero attached hydrogens (tertiary/aromatic N) is 3. The molecular formula is C48H32BN3S2. The fourth-order valence-corrected chi connectivity index (χ4v) is 12.4. The Morgan fingerprint density at radius 3 is 1.85 bits per heavy atom. The van der Waals surface area contributed by atoms with Crippen LogP contribution in [0.4, 0.5) is 39.8 Å². The molecule has 5 heterocycles. The fourth-order valence-electron chi connectivity index (χ4n) is 10.2. The summed E-state index contributed by atoms with van der Waals surface area (Å²) in [6, 6.07) is 46.5. The summed E-state index contributed by atoms with van der Waals surface area (Å²) in [5.41, 5.74) is 18.6. The smallest absolute Gasteiger partial charge is 0.252 e. The molecule has 0 radical (unpaired) electrons. The van der Waals surface area contributed by atoms with Gasteiger partial charge in [-0.25, -0.2) is 0 Å². The van der Waals surface area contributed by atoms with Crippen LogP contribution in [0.15, 0.2) is 189 Å². The van der Waals surface area contributed by atoms with E-state index >= 15 is 0 Å². The first-order valence-corrected chi connectivity index (χ1v) is 20.7. The van der Waals surface area contributed by atoms with Gasteiger partial charge in [0.2, 0.25) is 0 Å². The largest absolute Gasteiger partial charge is 0.334 e. The monoisotopic (exact) mass is 725 g/mol. The highest BCUT2D eigenvalue weighted by Gasteiger charge is 2.47. The van der Waals surface area contributed by atoms with E-state index in [1.165, 1.54) is 92.6 Å². The molecule has 6 heteroatoms. The first-order chi connectivity index (χ1) is 26.8. The summed E-state index contributed by atoms with van der Waals surface area (Å²) in [4.78, 5) is 13.0. The Kier molecular flexibility index (Phi) is 6.08. The van der Waals surface area contributed by atoms with Crippen LogP contribution < -0.4 is 31.1 Å². The molecule has 6 aromatic rings. The standard InChI is InChI=1S/C48H32BN3S2/c1-3-15-36-32(11-1)33-12-2-4-16-37(33)50(36)31-25-23-29(24-26-31)30-27-40-46-41(28-30)52-39-18-6-8-20-43(39)54-45-22-10-14-35(48(45)52)49(46)34-13-9-21-44-47(34)51(40)38-17-5-7-19-42(38)53-44/h1,3-11,13-28,32,36H,2,12H2. The molecule has 6 aromatic carbocycles. The fraction of sp³-hybridized carbons (Fsp3) is 0.0833. The highest BCUT2D eigenvalue weighted by atomic mass is 32.2. The number of fused-ring (bicyclic) bond motifs is 10. The van der Waals surface area contributed by atoms with E-state index in [-0.39, 0.29) is 6.71 Å². The van der Waals surface area contributed by atoms with E-state index in [9.17, 15) is 0 Å². The third-order valence-electron chi connectivity index (χ3n) is 12.4. The molecule has 254 valence electrons. The number of hydrogen-bond donors (Lipinski definition) is 0. The third kappa shape index (κ3) is 3.92. The van der Waals surface area contributed by atoms with Crippen molar-refractivity contribution < 1.29 is 0 Å². The summed E-state index contributed by atoms with van der Waals surface area (Å²) in [5, 5.41) is 0. The maximum absolute atomic E-state index is 2.58. The molecule has 0 aromatic heterocycles. The zero-order chi connectivity index (χ0) is 35.1. The summed E-state index contributed by atoms with van der Waals surface area (Å²) < 4.78 is 0. The van der Waals surface area contributed by atoms with Crippen LogP contribution in [-0.2, 0) is 0 Å². The number of rotatable bonds is 2. The zero-order valence-electron chi connectivity index (χ0n) is 29.3. The van der Waals surface area contributed by atoms with E-state index in [1.807, 2.05) is 23.5 Å². The summed E-state index contributed by atoms with van der Waals surface area (Å²) >= 11 is 3.80. The maximum atomic E-state index is 2.58. The Labute approximate surface area is 324 Å². The molecule has 0 amide bonds. The minimum atomic E-state index is 0.132. The van der Waals surface area contributed by atoms with Crippen molar-refractivity contribution in [1.29, 1.82) is 0 Å². The Morgan fingerprint density at radius 1 is 0.574 bits per heavy atom. The van der Waals surface area contributed by atoms with Crippen molar-refractivity contribution in [3.05, 3.63) is 169 Å². The molecule has 0 bridgehead atoms. The number of benzene rings is 6. The van der Waals surface area contributed by atoms with E-state index in [0.717, 1.165) is 12.8 Å². The Hall–Kier alpha value is -5.56. The number of anilines is 7. The molecule has 3 nitrogen and oxygen atoms in total. The van der Waals surface area contributed by atoms with Crippen LogP contribution in [0.25, 0.3) is 11.1 Å². The predicted octanol–water partition coefficient (Wildman–Crippen LogP) is 10.9. The van der Waals surface area contributed by atoms with Gasteiger partial charge in [-0.05, 0) is 113 Å². The molecule has 7 aliphatic rings. The summed E-state index contributed by atoms with van der Waals surface area (Å²) in [7, 11) is 0. The lowest BCUT2D eigenvalue weighted by molar-refractivity contribution is 0.658. The molecule has 0 N–H and O–H groups in total.